The molecule has 2 amide bonds. The number of nitrogens with one attached hydrogen (secondary N) is 1. The van der Waals surface area contributed by atoms with Crippen molar-refractivity contribution < 1.29 is 14.6 Å². The van der Waals surface area contributed by atoms with E-state index in [-0.39, 0.29) is 12.1 Å². The van der Waals surface area contributed by atoms with Gasteiger partial charge in [-0.15, -0.1) is 0 Å². The predicted octanol–water partition coefficient (Wildman–Crippen LogP) is 3.02. The number of carbonyl (C=O) groups is 1. The van der Waals surface area contributed by atoms with Gasteiger partial charge in [0.1, 0.15) is 5.75 Å². The summed E-state index contributed by atoms with van der Waals surface area (Å²) in [6.07, 6.45) is 1.36. The monoisotopic (exact) mass is 384 g/mol. The van der Waals surface area contributed by atoms with E-state index in [1.165, 1.54) is 0 Å². The van der Waals surface area contributed by atoms with Gasteiger partial charge < -0.3 is 20.1 Å². The minimum atomic E-state index is -0.353. The zero-order chi connectivity index (χ0) is 20.1. The van der Waals surface area contributed by atoms with Gasteiger partial charge in [0.05, 0.1) is 6.10 Å². The molecule has 0 aliphatic carbocycles. The summed E-state index contributed by atoms with van der Waals surface area (Å²) in [6, 6.07) is 9.27. The Labute approximate surface area is 165 Å². The number of anilines is 1. The molecule has 1 atom stereocenters. The number of benzene rings is 1. The van der Waals surface area contributed by atoms with E-state index in [4.69, 9.17) is 4.74 Å². The van der Waals surface area contributed by atoms with Gasteiger partial charge in [-0.3, -0.25) is 4.90 Å². The van der Waals surface area contributed by atoms with Crippen molar-refractivity contribution in [2.24, 2.45) is 0 Å². The van der Waals surface area contributed by atoms with Gasteiger partial charge in [0.2, 0.25) is 5.88 Å². The van der Waals surface area contributed by atoms with Crippen molar-refractivity contribution in [1.82, 2.24) is 14.8 Å². The number of hydrogen-bond acceptors (Lipinski definition) is 5. The zero-order valence-electron chi connectivity index (χ0n) is 16.7. The smallest absolute Gasteiger partial charge is 0.321 e. The van der Waals surface area contributed by atoms with Gasteiger partial charge in [-0.2, -0.15) is 0 Å². The molecule has 2 N–H and O–H groups in total. The Morgan fingerprint density at radius 1 is 1.21 bits per heavy atom. The lowest BCUT2D eigenvalue weighted by molar-refractivity contribution is 0.0924. The molecule has 1 aromatic heterocycles. The number of aliphatic hydroxyl groups is 1. The molecule has 2 aromatic rings. The summed E-state index contributed by atoms with van der Waals surface area (Å²) in [5, 5.41) is 12.4. The van der Waals surface area contributed by atoms with Crippen LogP contribution in [0.3, 0.4) is 0 Å². The molecule has 0 radical (unpaired) electrons. The lowest BCUT2D eigenvalue weighted by Crippen LogP contribution is -2.51. The highest BCUT2D eigenvalue weighted by atomic mass is 16.5. The van der Waals surface area contributed by atoms with E-state index in [1.54, 1.807) is 18.0 Å². The van der Waals surface area contributed by atoms with Crippen molar-refractivity contribution in [2.45, 2.75) is 26.9 Å². The minimum absolute atomic E-state index is 0.125. The Morgan fingerprint density at radius 3 is 2.64 bits per heavy atom. The predicted molar refractivity (Wildman–Crippen MR) is 109 cm³/mol. The molecule has 1 aromatic carbocycles. The highest BCUT2D eigenvalue weighted by Crippen LogP contribution is 2.27. The first-order valence-corrected chi connectivity index (χ1v) is 9.58. The Bertz CT molecular complexity index is 817. The van der Waals surface area contributed by atoms with Crippen LogP contribution in [-0.4, -0.2) is 64.7 Å². The molecule has 2 heterocycles. The van der Waals surface area contributed by atoms with E-state index >= 15 is 0 Å². The fraction of sp³-hybridized carbons (Fsp3) is 0.429. The highest BCUT2D eigenvalue weighted by Gasteiger charge is 2.22. The molecule has 1 aliphatic rings. The fourth-order valence-corrected chi connectivity index (χ4v) is 3.17. The third kappa shape index (κ3) is 5.43. The van der Waals surface area contributed by atoms with Crippen LogP contribution < -0.4 is 10.1 Å². The Kier molecular flexibility index (Phi) is 6.49. The first-order chi connectivity index (χ1) is 13.4. The van der Waals surface area contributed by atoms with Crippen LogP contribution in [0, 0.1) is 13.8 Å². The first-order valence-electron chi connectivity index (χ1n) is 9.58. The highest BCUT2D eigenvalue weighted by molar-refractivity contribution is 5.89. The normalized spacial score (nSPS) is 15.9. The van der Waals surface area contributed by atoms with Crippen LogP contribution in [0.15, 0.2) is 36.5 Å². The van der Waals surface area contributed by atoms with Gasteiger partial charge in [0.25, 0.3) is 0 Å². The molecule has 1 fully saturated rings. The Morgan fingerprint density at radius 2 is 1.96 bits per heavy atom. The van der Waals surface area contributed by atoms with Crippen molar-refractivity contribution in [2.75, 3.05) is 38.0 Å². The number of ether oxygens (including phenoxy) is 1. The molecule has 28 heavy (non-hydrogen) atoms. The second-order valence-electron chi connectivity index (χ2n) is 7.32. The quantitative estimate of drug-likeness (QED) is 0.829. The number of aryl methyl sites for hydroxylation is 2. The zero-order valence-corrected chi connectivity index (χ0v) is 16.7. The van der Waals surface area contributed by atoms with Gasteiger partial charge in [-0.25, -0.2) is 9.78 Å². The lowest BCUT2D eigenvalue weighted by atomic mass is 10.2. The lowest BCUT2D eigenvalue weighted by Gasteiger charge is -2.35. The molecule has 150 valence electrons. The van der Waals surface area contributed by atoms with Crippen LogP contribution in [0.5, 0.6) is 11.6 Å². The second-order valence-corrected chi connectivity index (χ2v) is 7.32. The van der Waals surface area contributed by atoms with Crippen molar-refractivity contribution >= 4 is 11.7 Å². The summed E-state index contributed by atoms with van der Waals surface area (Å²) in [7, 11) is 0. The van der Waals surface area contributed by atoms with Gasteiger partial charge in [0, 0.05) is 56.7 Å². The van der Waals surface area contributed by atoms with E-state index in [0.717, 1.165) is 24.2 Å². The minimum Gasteiger partial charge on any atom is -0.439 e. The van der Waals surface area contributed by atoms with E-state index in [9.17, 15) is 9.90 Å². The summed E-state index contributed by atoms with van der Waals surface area (Å²) < 4.78 is 5.90. The number of nitrogens with zero attached hydrogens (tertiary/aromatic N) is 3. The van der Waals surface area contributed by atoms with Crippen molar-refractivity contribution in [1.29, 1.82) is 0 Å². The fourth-order valence-electron chi connectivity index (χ4n) is 3.17. The van der Waals surface area contributed by atoms with E-state index < -0.39 is 0 Å². The summed E-state index contributed by atoms with van der Waals surface area (Å²) in [5.41, 5.74) is 2.72. The van der Waals surface area contributed by atoms with E-state index in [2.05, 4.69) is 15.2 Å². The van der Waals surface area contributed by atoms with E-state index in [0.29, 0.717) is 37.0 Å². The number of urea groups is 1. The summed E-state index contributed by atoms with van der Waals surface area (Å²) >= 11 is 0. The van der Waals surface area contributed by atoms with Crippen LogP contribution in [0.4, 0.5) is 10.5 Å². The Balaban J connectivity index is 1.61. The molecule has 7 nitrogen and oxygen atoms in total. The van der Waals surface area contributed by atoms with Crippen molar-refractivity contribution in [3.63, 3.8) is 0 Å². The number of β-amino-alcohol motifs (C(OH)–C–C–N with tert-alkyl or cyclic N) is 1. The second kappa shape index (κ2) is 9.03. The number of aliphatic hydroxyl groups excluding tert-OH is 1. The third-order valence-electron chi connectivity index (χ3n) is 4.73. The number of amides is 2. The molecule has 1 saturated heterocycles. The molecule has 1 aliphatic heterocycles. The maximum atomic E-state index is 12.6. The van der Waals surface area contributed by atoms with Crippen LogP contribution in [0.2, 0.25) is 0 Å². The van der Waals surface area contributed by atoms with Crippen molar-refractivity contribution in [3.05, 3.63) is 47.7 Å². The standard InChI is InChI=1S/C21H28N4O3/c1-15-6-7-22-20(12-15)28-19-13-18(5-4-16(19)2)23-21(27)25-10-8-24(9-11-25)14-17(3)26/h4-7,12-13,17,26H,8-11,14H2,1-3H3,(H,23,27)/t17-/m1/s1. The van der Waals surface area contributed by atoms with Crippen molar-refractivity contribution in [3.8, 4) is 11.6 Å². The number of rotatable bonds is 5. The third-order valence-corrected chi connectivity index (χ3v) is 4.73. The average molecular weight is 384 g/mol. The summed E-state index contributed by atoms with van der Waals surface area (Å²) in [5.74, 6) is 1.19. The van der Waals surface area contributed by atoms with Crippen LogP contribution >= 0.6 is 0 Å². The van der Waals surface area contributed by atoms with Gasteiger partial charge in [-0.1, -0.05) is 6.07 Å². The number of aromatic nitrogens is 1. The first kappa shape index (κ1) is 20.1. The molecule has 0 saturated carbocycles. The van der Waals surface area contributed by atoms with E-state index in [1.807, 2.05) is 44.2 Å². The topological polar surface area (TPSA) is 77.9 Å². The maximum absolute atomic E-state index is 12.6. The van der Waals surface area contributed by atoms with Crippen LogP contribution in [0.25, 0.3) is 0 Å². The molecule has 0 bridgehead atoms. The molecule has 0 unspecified atom stereocenters. The van der Waals surface area contributed by atoms with Crippen LogP contribution in [-0.2, 0) is 0 Å². The van der Waals surface area contributed by atoms with Crippen LogP contribution in [0.1, 0.15) is 18.1 Å². The number of piperazine rings is 1. The molecule has 3 rings (SSSR count). The number of carbonyl (C=O) groups excluding carboxylic acids is 1. The van der Waals surface area contributed by atoms with Gasteiger partial charge >= 0.3 is 6.03 Å². The Hall–Kier alpha value is -2.64. The maximum Gasteiger partial charge on any atom is 0.321 e. The largest absolute Gasteiger partial charge is 0.439 e. The van der Waals surface area contributed by atoms with Gasteiger partial charge in [-0.05, 0) is 44.0 Å². The molecular weight excluding hydrogens is 356 g/mol. The number of pyridine rings is 1. The average Bonchev–Trinajstić information content (AvgIpc) is 2.64. The molecular formula is C21H28N4O3. The SMILES string of the molecule is Cc1ccnc(Oc2cc(NC(=O)N3CCN(C[C@@H](C)O)CC3)ccc2C)c1. The summed E-state index contributed by atoms with van der Waals surface area (Å²) in [6.45, 7) is 9.17. The summed E-state index contributed by atoms with van der Waals surface area (Å²) in [4.78, 5) is 20.8. The number of hydrogen-bond donors (Lipinski definition) is 2. The van der Waals surface area contributed by atoms with Gasteiger partial charge in [0.15, 0.2) is 0 Å². The molecule has 7 heteroatoms. The molecule has 0 spiro atoms.